The number of nitrogens with one attached hydrogen (secondary N) is 5. The van der Waals surface area contributed by atoms with Gasteiger partial charge < -0.3 is 245 Å². The van der Waals surface area contributed by atoms with Gasteiger partial charge in [0.1, 0.15) is 214 Å². The van der Waals surface area contributed by atoms with Crippen molar-refractivity contribution in [3.63, 3.8) is 0 Å². The molecule has 45 atom stereocenters. The Balaban J connectivity index is 1.04. The van der Waals surface area contributed by atoms with Crippen LogP contribution < -0.4 is 26.6 Å². The van der Waals surface area contributed by atoms with Gasteiger partial charge in [-0.3, -0.25) is 24.0 Å². The third-order valence-electron chi connectivity index (χ3n) is 21.5. The molecule has 8 saturated heterocycles. The molecule has 8 fully saturated rings. The maximum atomic E-state index is 13.7. The summed E-state index contributed by atoms with van der Waals surface area (Å²) in [6.07, 6.45) is -86.5. The zero-order valence-electron chi connectivity index (χ0n) is 65.4. The van der Waals surface area contributed by atoms with E-state index in [1.165, 1.54) is 0 Å². The fourth-order valence-electron chi connectivity index (χ4n) is 15.2. The van der Waals surface area contributed by atoms with E-state index < -0.39 is 390 Å². The van der Waals surface area contributed by atoms with Crippen molar-refractivity contribution in [3.8, 4) is 0 Å². The average Bonchev–Trinajstić information content (AvgIpc) is 0.746. The fourth-order valence-corrected chi connectivity index (χ4v) is 15.2. The second-order valence-electron chi connectivity index (χ2n) is 30.1. The van der Waals surface area contributed by atoms with Gasteiger partial charge in [-0.15, -0.1) is 0 Å². The predicted octanol–water partition coefficient (Wildman–Crippen LogP) is -22.1. The number of amides is 5. The van der Waals surface area contributed by atoms with Crippen LogP contribution in [-0.2, 0) is 105 Å². The lowest BCUT2D eigenvalue weighted by Crippen LogP contribution is -2.72. The van der Waals surface area contributed by atoms with E-state index in [0.717, 1.165) is 27.7 Å². The molecule has 0 unspecified atom stereocenters. The molecule has 8 aliphatic rings. The van der Waals surface area contributed by atoms with Crippen molar-refractivity contribution in [2.45, 2.75) is 309 Å². The molecular weight excluding hydrogens is 1670 g/mol. The van der Waals surface area contributed by atoms with Crippen molar-refractivity contribution < 1.29 is 248 Å². The minimum Gasteiger partial charge on any atom is -0.477 e. The van der Waals surface area contributed by atoms with Crippen molar-refractivity contribution in [2.24, 2.45) is 0 Å². The number of ether oxygens (including phenoxy) is 16. The molecular formula is C67H113N5O50. The van der Waals surface area contributed by atoms with Crippen LogP contribution in [0.3, 0.4) is 0 Å². The van der Waals surface area contributed by atoms with Crippen LogP contribution in [0.2, 0.25) is 0 Å². The van der Waals surface area contributed by atoms with E-state index in [2.05, 4.69) is 26.6 Å². The Morgan fingerprint density at radius 3 is 1.23 bits per heavy atom. The van der Waals surface area contributed by atoms with Crippen LogP contribution in [0.15, 0.2) is 0 Å². The molecule has 122 heavy (non-hydrogen) atoms. The summed E-state index contributed by atoms with van der Waals surface area (Å²) in [7, 11) is 0. The van der Waals surface area contributed by atoms with Gasteiger partial charge in [-0.1, -0.05) is 0 Å². The molecule has 0 aromatic rings. The molecule has 706 valence electrons. The van der Waals surface area contributed by atoms with Crippen LogP contribution in [0, 0.1) is 0 Å². The molecule has 55 nitrogen and oxygen atoms in total. The van der Waals surface area contributed by atoms with E-state index >= 15 is 0 Å². The lowest BCUT2D eigenvalue weighted by atomic mass is 9.88. The van der Waals surface area contributed by atoms with Crippen molar-refractivity contribution in [3.05, 3.63) is 0 Å². The van der Waals surface area contributed by atoms with Gasteiger partial charge in [0.15, 0.2) is 44.0 Å². The van der Waals surface area contributed by atoms with Gasteiger partial charge in [0.05, 0.1) is 84.3 Å². The summed E-state index contributed by atoms with van der Waals surface area (Å²) in [5, 5.41) is 320. The standard InChI is InChI=1S/C67H113N5O50/c1-17(83)68-21(6-73)51(38(92)24(89)16-107-59-35(70-19(3)85)44(98)52(29(12-79)112-59)116-64-49(103)57(42(96)28(11-78)111-64)120-62-47(101)46(100)40(94)26(9-76)109-62)115-63-48(102)56(41(95)27(10-77)110-63)119-61-36(71-20(4)86)45(99)53(30(13-80)113-61)117-65-50(104)58(54(31(14-81)114-65)118-60-34(69-18(2)84)43(97)39(93)25(8-75)108-60)122-67(66(105)106)5-22(87)33(72-32(90)15-82)55(121-67)37(91)23(88)7-74/h21-31,33-65,73-82,87-89,91-104H,5-16H2,1-4H3,(H,68,83)(H,69,84)(H,70,85)(H,71,86)(H,72,90)(H,105,106)/t21-,22-,23+,24+,25+,26+,27+,28+,29+,30+,31+,33+,34+,35+,36+,37+,38-,39-,40-,41-,42-,43+,44+,45+,46-,47+,48+,49+,50+,51+,52+,53+,54-,55+,56-,57-,58+,59+,60-,61-,62+,63-,64-,65-,67-/m0/s1. The number of carboxylic acid groups (broad SMARTS) is 1. The monoisotopic (exact) mass is 1790 g/mol. The van der Waals surface area contributed by atoms with Gasteiger partial charge >= 0.3 is 5.97 Å². The number of hydrogen-bond donors (Lipinski definition) is 33. The average molecular weight is 1790 g/mol. The van der Waals surface area contributed by atoms with Gasteiger partial charge in [0.25, 0.3) is 5.79 Å². The maximum absolute atomic E-state index is 13.7. The van der Waals surface area contributed by atoms with Crippen LogP contribution in [0.5, 0.6) is 0 Å². The van der Waals surface area contributed by atoms with Crippen molar-refractivity contribution in [2.75, 3.05) is 72.7 Å². The SMILES string of the molecule is CC(=O)N[C@H]1[C@H](OC[C@@H](O)[C@H](O)[C@H](O[C@@H]2O[C@H](CO)[C@H](O)[C@H](O[C@@H]3O[C@H](CO)[C@@H](O[C@@H]4O[C@H](CO)[C@H](O[C@@H]5O[C@H](CO)[C@H](O)[C@H](O)[C@H]5NC(C)=O)[C@H](O[C@]5(C(=O)O)C[C@H](O)[C@@H](NC(=O)CO)[C@H]([C@H](O)[C@H](O)CO)O5)[C@H]4O)[C@H](O)[C@H]3NC(C)=O)[C@H]2O)[C@H](CO)NC(C)=O)O[C@H](CO)[C@@H](O[C@@H]2O[C@H](CO)[C@H](O)[C@H](O[C@H]3O[C@H](CO)[C@H](O)[C@H](O)[C@H]3O)[C@H]2O)[C@@H]1O. The Bertz CT molecular complexity index is 3300. The van der Waals surface area contributed by atoms with Crippen molar-refractivity contribution in [1.82, 2.24) is 26.6 Å². The quantitative estimate of drug-likeness (QED) is 0.0273. The summed E-state index contributed by atoms with van der Waals surface area (Å²) >= 11 is 0. The Kier molecular flexibility index (Phi) is 38.1. The van der Waals surface area contributed by atoms with Gasteiger partial charge in [-0.2, -0.15) is 0 Å². The summed E-state index contributed by atoms with van der Waals surface area (Å²) in [6, 6.07) is -9.75. The first-order valence-corrected chi connectivity index (χ1v) is 38.3. The van der Waals surface area contributed by atoms with Crippen LogP contribution in [0.25, 0.3) is 0 Å². The highest BCUT2D eigenvalue weighted by Crippen LogP contribution is 2.42. The first-order chi connectivity index (χ1) is 57.6. The van der Waals surface area contributed by atoms with Gasteiger partial charge in [0, 0.05) is 34.1 Å². The van der Waals surface area contributed by atoms with E-state index in [-0.39, 0.29) is 0 Å². The summed E-state index contributed by atoms with van der Waals surface area (Å²) in [6.45, 7) is -9.50. The van der Waals surface area contributed by atoms with E-state index in [4.69, 9.17) is 75.8 Å². The first kappa shape index (κ1) is 102. The first-order valence-electron chi connectivity index (χ1n) is 38.3. The number of rotatable bonds is 38. The van der Waals surface area contributed by atoms with E-state index in [1.807, 2.05) is 0 Å². The lowest BCUT2D eigenvalue weighted by Gasteiger charge is -2.52. The smallest absolute Gasteiger partial charge is 0.364 e. The highest BCUT2D eigenvalue weighted by atomic mass is 16.8. The summed E-state index contributed by atoms with van der Waals surface area (Å²) in [5.41, 5.74) is 0. The van der Waals surface area contributed by atoms with Gasteiger partial charge in [0.2, 0.25) is 29.5 Å². The maximum Gasteiger partial charge on any atom is 0.364 e. The summed E-state index contributed by atoms with van der Waals surface area (Å²) in [5.74, 6) is -11.0. The Labute approximate surface area is 690 Å². The molecule has 8 rings (SSSR count). The normalized spacial score (nSPS) is 43.6. The fraction of sp³-hybridized carbons (Fsp3) is 0.910. The topological polar surface area (TPSA) is 877 Å². The molecule has 0 bridgehead atoms. The minimum atomic E-state index is -3.52. The largest absolute Gasteiger partial charge is 0.477 e. The number of carbonyl (C=O) groups is 6. The highest BCUT2D eigenvalue weighted by molar-refractivity contribution is 5.78. The van der Waals surface area contributed by atoms with Gasteiger partial charge in [-0.05, 0) is 0 Å². The minimum absolute atomic E-state index is 0.858. The van der Waals surface area contributed by atoms with Crippen LogP contribution in [-0.4, -0.2) is 527 Å². The number of carbonyl (C=O) groups excluding carboxylic acids is 5. The van der Waals surface area contributed by atoms with E-state index in [1.54, 1.807) is 0 Å². The van der Waals surface area contributed by atoms with E-state index in [9.17, 15) is 172 Å². The number of aliphatic carboxylic acids is 1. The number of hydrogen-bond acceptors (Lipinski definition) is 49. The molecule has 8 heterocycles. The van der Waals surface area contributed by atoms with Crippen LogP contribution in [0.1, 0.15) is 34.1 Å². The van der Waals surface area contributed by atoms with Crippen LogP contribution >= 0.6 is 0 Å². The molecule has 0 radical (unpaired) electrons. The van der Waals surface area contributed by atoms with Crippen molar-refractivity contribution in [1.29, 1.82) is 0 Å². The number of carboxylic acids is 1. The van der Waals surface area contributed by atoms with E-state index in [0.29, 0.717) is 0 Å². The molecule has 0 saturated carbocycles. The molecule has 0 spiro atoms. The third-order valence-corrected chi connectivity index (χ3v) is 21.5. The molecule has 33 N–H and O–H groups in total. The Morgan fingerprint density at radius 2 is 0.770 bits per heavy atom. The summed E-state index contributed by atoms with van der Waals surface area (Å²) < 4.78 is 93.5. The number of aliphatic hydroxyl groups is 27. The third kappa shape index (κ3) is 23.4. The molecule has 5 amide bonds. The molecule has 55 heteroatoms. The van der Waals surface area contributed by atoms with Gasteiger partial charge in [-0.25, -0.2) is 4.79 Å². The molecule has 0 aromatic heterocycles. The molecule has 0 aliphatic carbocycles. The molecule has 0 aromatic carbocycles. The molecule has 8 aliphatic heterocycles. The zero-order chi connectivity index (χ0) is 90.7. The predicted molar refractivity (Wildman–Crippen MR) is 376 cm³/mol. The Morgan fingerprint density at radius 1 is 0.385 bits per heavy atom. The Hall–Kier alpha value is -4.90. The lowest BCUT2D eigenvalue weighted by molar-refractivity contribution is -0.401. The highest BCUT2D eigenvalue weighted by Gasteiger charge is 2.64. The van der Waals surface area contributed by atoms with Crippen LogP contribution in [0.4, 0.5) is 0 Å². The zero-order valence-corrected chi connectivity index (χ0v) is 65.4. The number of aliphatic hydroxyl groups excluding tert-OH is 27. The summed E-state index contributed by atoms with van der Waals surface area (Å²) in [4.78, 5) is 77.5. The second kappa shape index (κ2) is 45.4. The second-order valence-corrected chi connectivity index (χ2v) is 30.1. The van der Waals surface area contributed by atoms with Crippen molar-refractivity contribution >= 4 is 35.5 Å².